The molecule has 6 heteroatoms. The highest BCUT2D eigenvalue weighted by Crippen LogP contribution is 2.34. The molecule has 0 fully saturated rings. The van der Waals surface area contributed by atoms with Crippen molar-refractivity contribution in [1.82, 2.24) is 4.98 Å². The highest BCUT2D eigenvalue weighted by atomic mass is 79.9. The molecule has 23 heavy (non-hydrogen) atoms. The van der Waals surface area contributed by atoms with Gasteiger partial charge in [0.25, 0.3) is 0 Å². The van der Waals surface area contributed by atoms with E-state index in [0.717, 1.165) is 22.0 Å². The van der Waals surface area contributed by atoms with Crippen LogP contribution in [0, 0.1) is 0 Å². The van der Waals surface area contributed by atoms with Gasteiger partial charge in [0.2, 0.25) is 0 Å². The number of benzene rings is 2. The van der Waals surface area contributed by atoms with Crippen LogP contribution in [0.3, 0.4) is 0 Å². The topological polar surface area (TPSA) is 33.1 Å². The van der Waals surface area contributed by atoms with Crippen molar-refractivity contribution in [1.29, 1.82) is 0 Å². The number of hydrogen-bond acceptors (Lipinski definition) is 2. The number of nitrogens with zero attached hydrogens (tertiary/aromatic N) is 1. The standard InChI is InChI=1S/C17H11BrF3NO/c18-14-8-7-13(15-12(14)2-1-9-22-15)16(23)10-3-5-11(6-4-10)17(19,20)21/h1-9,16,23H. The smallest absolute Gasteiger partial charge is 0.384 e. The second kappa shape index (κ2) is 5.94. The van der Waals surface area contributed by atoms with E-state index in [9.17, 15) is 18.3 Å². The molecule has 0 radical (unpaired) electrons. The van der Waals surface area contributed by atoms with E-state index >= 15 is 0 Å². The molecule has 0 aliphatic carbocycles. The van der Waals surface area contributed by atoms with Crippen LogP contribution in [0.5, 0.6) is 0 Å². The summed E-state index contributed by atoms with van der Waals surface area (Å²) in [5.41, 5.74) is 0.789. The van der Waals surface area contributed by atoms with Crippen LogP contribution in [-0.4, -0.2) is 10.1 Å². The fraction of sp³-hybridized carbons (Fsp3) is 0.118. The molecule has 0 bridgehead atoms. The van der Waals surface area contributed by atoms with Gasteiger partial charge < -0.3 is 5.11 Å². The molecule has 0 saturated carbocycles. The largest absolute Gasteiger partial charge is 0.416 e. The number of aliphatic hydroxyl groups excluding tert-OH is 1. The summed E-state index contributed by atoms with van der Waals surface area (Å²) in [7, 11) is 0. The minimum atomic E-state index is -4.39. The van der Waals surface area contributed by atoms with Crippen molar-refractivity contribution in [2.24, 2.45) is 0 Å². The Morgan fingerprint density at radius 1 is 1.00 bits per heavy atom. The van der Waals surface area contributed by atoms with Crippen LogP contribution in [0.2, 0.25) is 0 Å². The van der Waals surface area contributed by atoms with Crippen LogP contribution in [0.25, 0.3) is 10.9 Å². The Kier molecular flexibility index (Phi) is 4.12. The van der Waals surface area contributed by atoms with Gasteiger partial charge in [-0.25, -0.2) is 0 Å². The van der Waals surface area contributed by atoms with Crippen LogP contribution < -0.4 is 0 Å². The molecular formula is C17H11BrF3NO. The Bertz CT molecular complexity index is 847. The molecule has 0 aliphatic rings. The summed E-state index contributed by atoms with van der Waals surface area (Å²) in [6.07, 6.45) is -3.84. The third-order valence-corrected chi connectivity index (χ3v) is 4.29. The van der Waals surface area contributed by atoms with Crippen LogP contribution in [0.4, 0.5) is 13.2 Å². The zero-order valence-electron chi connectivity index (χ0n) is 11.7. The molecule has 2 aromatic carbocycles. The number of aliphatic hydroxyl groups is 1. The highest BCUT2D eigenvalue weighted by molar-refractivity contribution is 9.10. The van der Waals surface area contributed by atoms with E-state index in [2.05, 4.69) is 20.9 Å². The average Bonchev–Trinajstić information content (AvgIpc) is 2.54. The molecule has 1 aromatic heterocycles. The van der Waals surface area contributed by atoms with Gasteiger partial charge in [0.1, 0.15) is 6.10 Å². The number of pyridine rings is 1. The first-order chi connectivity index (χ1) is 10.9. The Hall–Kier alpha value is -1.92. The molecule has 0 aliphatic heterocycles. The van der Waals surface area contributed by atoms with Gasteiger partial charge in [0.15, 0.2) is 0 Å². The first-order valence-corrected chi connectivity index (χ1v) is 7.55. The van der Waals surface area contributed by atoms with Crippen molar-refractivity contribution >= 4 is 26.8 Å². The predicted molar refractivity (Wildman–Crippen MR) is 84.9 cm³/mol. The Labute approximate surface area is 138 Å². The lowest BCUT2D eigenvalue weighted by Crippen LogP contribution is -2.06. The van der Waals surface area contributed by atoms with Crippen molar-refractivity contribution in [3.8, 4) is 0 Å². The van der Waals surface area contributed by atoms with Gasteiger partial charge in [-0.05, 0) is 29.8 Å². The maximum Gasteiger partial charge on any atom is 0.416 e. The summed E-state index contributed by atoms with van der Waals surface area (Å²) >= 11 is 3.42. The molecule has 0 spiro atoms. The zero-order chi connectivity index (χ0) is 16.6. The van der Waals surface area contributed by atoms with Crippen LogP contribution >= 0.6 is 15.9 Å². The number of hydrogen-bond donors (Lipinski definition) is 1. The number of aromatic nitrogens is 1. The molecule has 3 aromatic rings. The van der Waals surface area contributed by atoms with Crippen LogP contribution in [-0.2, 0) is 6.18 Å². The average molecular weight is 382 g/mol. The lowest BCUT2D eigenvalue weighted by atomic mass is 9.98. The molecule has 2 nitrogen and oxygen atoms in total. The first-order valence-electron chi connectivity index (χ1n) is 6.76. The normalized spacial score (nSPS) is 13.3. The molecule has 0 saturated heterocycles. The molecule has 1 N–H and O–H groups in total. The van der Waals surface area contributed by atoms with E-state index in [1.54, 1.807) is 24.4 Å². The van der Waals surface area contributed by atoms with E-state index in [0.29, 0.717) is 16.6 Å². The number of rotatable bonds is 2. The third kappa shape index (κ3) is 3.09. The van der Waals surface area contributed by atoms with Gasteiger partial charge in [0, 0.05) is 21.6 Å². The number of fused-ring (bicyclic) bond motifs is 1. The highest BCUT2D eigenvalue weighted by Gasteiger charge is 2.30. The molecule has 3 rings (SSSR count). The number of alkyl halides is 3. The van der Waals surface area contributed by atoms with Gasteiger partial charge in [0.05, 0.1) is 11.1 Å². The van der Waals surface area contributed by atoms with Gasteiger partial charge in [-0.3, -0.25) is 4.98 Å². The predicted octanol–water partition coefficient (Wildman–Crippen LogP) is 5.10. The second-order valence-corrected chi connectivity index (χ2v) is 5.91. The Morgan fingerprint density at radius 3 is 2.35 bits per heavy atom. The van der Waals surface area contributed by atoms with Crippen molar-refractivity contribution < 1.29 is 18.3 Å². The lowest BCUT2D eigenvalue weighted by Gasteiger charge is -2.15. The van der Waals surface area contributed by atoms with Gasteiger partial charge in [-0.15, -0.1) is 0 Å². The summed E-state index contributed by atoms with van der Waals surface area (Å²) in [5.74, 6) is 0. The summed E-state index contributed by atoms with van der Waals surface area (Å²) in [6.45, 7) is 0. The van der Waals surface area contributed by atoms with E-state index in [1.165, 1.54) is 12.1 Å². The second-order valence-electron chi connectivity index (χ2n) is 5.06. The zero-order valence-corrected chi connectivity index (χ0v) is 13.3. The lowest BCUT2D eigenvalue weighted by molar-refractivity contribution is -0.137. The van der Waals surface area contributed by atoms with E-state index in [1.807, 2.05) is 6.07 Å². The summed E-state index contributed by atoms with van der Waals surface area (Å²) in [5, 5.41) is 11.4. The van der Waals surface area contributed by atoms with Gasteiger partial charge in [-0.2, -0.15) is 13.2 Å². The van der Waals surface area contributed by atoms with Crippen molar-refractivity contribution in [3.63, 3.8) is 0 Å². The van der Waals surface area contributed by atoms with E-state index < -0.39 is 17.8 Å². The molecule has 1 unspecified atom stereocenters. The Balaban J connectivity index is 2.04. The quantitative estimate of drug-likeness (QED) is 0.669. The maximum atomic E-state index is 12.6. The molecular weight excluding hydrogens is 371 g/mol. The molecule has 0 amide bonds. The van der Waals surface area contributed by atoms with E-state index in [-0.39, 0.29) is 0 Å². The third-order valence-electron chi connectivity index (χ3n) is 3.60. The minimum absolute atomic E-state index is 0.382. The van der Waals surface area contributed by atoms with Crippen molar-refractivity contribution in [3.05, 3.63) is 75.9 Å². The summed E-state index contributed by atoms with van der Waals surface area (Å²) in [6, 6.07) is 11.6. The monoisotopic (exact) mass is 381 g/mol. The molecule has 118 valence electrons. The van der Waals surface area contributed by atoms with Gasteiger partial charge >= 0.3 is 6.18 Å². The van der Waals surface area contributed by atoms with E-state index in [4.69, 9.17) is 0 Å². The Morgan fingerprint density at radius 2 is 1.70 bits per heavy atom. The SMILES string of the molecule is OC(c1ccc(C(F)(F)F)cc1)c1ccc(Br)c2cccnc12. The van der Waals surface area contributed by atoms with Gasteiger partial charge in [-0.1, -0.05) is 40.2 Å². The van der Waals surface area contributed by atoms with Crippen LogP contribution in [0.15, 0.2) is 59.2 Å². The number of halogens is 4. The van der Waals surface area contributed by atoms with Crippen LogP contribution in [0.1, 0.15) is 22.8 Å². The summed E-state index contributed by atoms with van der Waals surface area (Å²) in [4.78, 5) is 4.28. The fourth-order valence-electron chi connectivity index (χ4n) is 2.41. The van der Waals surface area contributed by atoms with Crippen molar-refractivity contribution in [2.45, 2.75) is 12.3 Å². The summed E-state index contributed by atoms with van der Waals surface area (Å²) < 4.78 is 38.7. The minimum Gasteiger partial charge on any atom is -0.384 e. The maximum absolute atomic E-state index is 12.6. The van der Waals surface area contributed by atoms with Crippen molar-refractivity contribution in [2.75, 3.05) is 0 Å². The molecule has 1 heterocycles. The fourth-order valence-corrected chi connectivity index (χ4v) is 2.87. The first kappa shape index (κ1) is 16.0. The molecule has 1 atom stereocenters.